The van der Waals surface area contributed by atoms with E-state index in [4.69, 9.17) is 0 Å². The van der Waals surface area contributed by atoms with E-state index in [1.807, 2.05) is 41.8 Å². The molecular formula is C17H12N4OS. The molecule has 112 valence electrons. The van der Waals surface area contributed by atoms with Gasteiger partial charge in [0.1, 0.15) is 11.5 Å². The zero-order chi connectivity index (χ0) is 15.8. The van der Waals surface area contributed by atoms with Crippen molar-refractivity contribution < 1.29 is 4.79 Å². The lowest BCUT2D eigenvalue weighted by Gasteiger charge is -2.05. The van der Waals surface area contributed by atoms with Crippen molar-refractivity contribution in [2.75, 3.05) is 0 Å². The molecule has 0 atom stereocenters. The predicted octanol–water partition coefficient (Wildman–Crippen LogP) is 3.42. The van der Waals surface area contributed by atoms with Gasteiger partial charge in [0.15, 0.2) is 5.65 Å². The molecule has 4 aromatic rings. The van der Waals surface area contributed by atoms with Gasteiger partial charge in [0, 0.05) is 0 Å². The molecule has 0 aliphatic carbocycles. The summed E-state index contributed by atoms with van der Waals surface area (Å²) in [6, 6.07) is 13.4. The van der Waals surface area contributed by atoms with Crippen molar-refractivity contribution in [3.63, 3.8) is 0 Å². The maximum absolute atomic E-state index is 12.7. The van der Waals surface area contributed by atoms with Crippen molar-refractivity contribution in [2.24, 2.45) is 0 Å². The number of rotatable bonds is 3. The van der Waals surface area contributed by atoms with Crippen LogP contribution in [0.4, 0.5) is 0 Å². The number of hydrogen-bond donors (Lipinski definition) is 0. The Balaban J connectivity index is 1.94. The Kier molecular flexibility index (Phi) is 3.24. The summed E-state index contributed by atoms with van der Waals surface area (Å²) in [7, 11) is 0. The zero-order valence-electron chi connectivity index (χ0n) is 12.3. The fourth-order valence-electron chi connectivity index (χ4n) is 2.47. The molecule has 0 N–H and O–H groups in total. The monoisotopic (exact) mass is 320 g/mol. The number of nitrogens with zero attached hydrogens (tertiary/aromatic N) is 4. The second-order valence-electron chi connectivity index (χ2n) is 5.06. The molecule has 23 heavy (non-hydrogen) atoms. The fraction of sp³-hybridized carbons (Fsp3) is 0.0588. The molecule has 5 nitrogen and oxygen atoms in total. The first-order valence-corrected chi connectivity index (χ1v) is 7.98. The van der Waals surface area contributed by atoms with Gasteiger partial charge in [-0.25, -0.2) is 14.6 Å². The zero-order valence-corrected chi connectivity index (χ0v) is 13.1. The minimum atomic E-state index is -0.0943. The van der Waals surface area contributed by atoms with Gasteiger partial charge in [-0.05, 0) is 30.5 Å². The molecule has 0 fully saturated rings. The third-order valence-electron chi connectivity index (χ3n) is 3.50. The maximum atomic E-state index is 12.7. The van der Waals surface area contributed by atoms with Crippen molar-refractivity contribution in [1.29, 1.82) is 0 Å². The topological polar surface area (TPSA) is 60.7 Å². The molecule has 0 saturated heterocycles. The number of carbonyl (C=O) groups is 1. The molecule has 0 spiro atoms. The molecule has 0 aliphatic heterocycles. The van der Waals surface area contributed by atoms with Gasteiger partial charge >= 0.3 is 0 Å². The molecule has 0 saturated carbocycles. The van der Waals surface area contributed by atoms with E-state index in [9.17, 15) is 4.79 Å². The highest BCUT2D eigenvalue weighted by Gasteiger charge is 2.19. The quantitative estimate of drug-likeness (QED) is 0.543. The van der Waals surface area contributed by atoms with Crippen LogP contribution in [-0.2, 0) is 0 Å². The molecule has 0 amide bonds. The van der Waals surface area contributed by atoms with E-state index in [1.54, 1.807) is 23.9 Å². The van der Waals surface area contributed by atoms with Gasteiger partial charge in [-0.1, -0.05) is 24.3 Å². The van der Waals surface area contributed by atoms with Gasteiger partial charge in [0.25, 0.3) is 0 Å². The second-order valence-corrected chi connectivity index (χ2v) is 6.00. The van der Waals surface area contributed by atoms with Crippen LogP contribution < -0.4 is 0 Å². The fourth-order valence-corrected chi connectivity index (χ4v) is 3.14. The summed E-state index contributed by atoms with van der Waals surface area (Å²) < 4.78 is 1.73. The van der Waals surface area contributed by atoms with Crippen LogP contribution in [0.5, 0.6) is 0 Å². The van der Waals surface area contributed by atoms with E-state index in [0.717, 1.165) is 5.69 Å². The van der Waals surface area contributed by atoms with E-state index in [0.29, 0.717) is 27.4 Å². The lowest BCUT2D eigenvalue weighted by atomic mass is 10.2. The SMILES string of the molecule is Cc1nc(C(=O)c2cccs2)c2cnn(-c3ccccc3)c2n1. The lowest BCUT2D eigenvalue weighted by Crippen LogP contribution is -2.07. The average Bonchev–Trinajstić information content (AvgIpc) is 3.24. The summed E-state index contributed by atoms with van der Waals surface area (Å²) in [5, 5.41) is 6.94. The standard InChI is InChI=1S/C17H12N4OS/c1-11-19-15(16(22)14-8-5-9-23-14)13-10-18-21(17(13)20-11)12-6-3-2-4-7-12/h2-10H,1H3. The maximum Gasteiger partial charge on any atom is 0.222 e. The Morgan fingerprint density at radius 1 is 1.09 bits per heavy atom. The van der Waals surface area contributed by atoms with E-state index in [2.05, 4.69) is 15.1 Å². The van der Waals surface area contributed by atoms with Crippen LogP contribution >= 0.6 is 11.3 Å². The third-order valence-corrected chi connectivity index (χ3v) is 4.37. The van der Waals surface area contributed by atoms with E-state index < -0.39 is 0 Å². The Bertz CT molecular complexity index is 990. The Morgan fingerprint density at radius 3 is 2.65 bits per heavy atom. The smallest absolute Gasteiger partial charge is 0.222 e. The average molecular weight is 320 g/mol. The minimum absolute atomic E-state index is 0.0943. The van der Waals surface area contributed by atoms with Gasteiger partial charge in [0.2, 0.25) is 5.78 Å². The second kappa shape index (κ2) is 5.40. The number of fused-ring (bicyclic) bond motifs is 1. The number of ketones is 1. The molecule has 3 aromatic heterocycles. The summed E-state index contributed by atoms with van der Waals surface area (Å²) in [6.45, 7) is 1.78. The molecule has 0 radical (unpaired) electrons. The minimum Gasteiger partial charge on any atom is -0.286 e. The lowest BCUT2D eigenvalue weighted by molar-refractivity contribution is 0.103. The van der Waals surface area contributed by atoms with Crippen molar-refractivity contribution in [3.8, 4) is 5.69 Å². The van der Waals surface area contributed by atoms with Gasteiger partial charge in [0.05, 0.1) is 22.1 Å². The van der Waals surface area contributed by atoms with Gasteiger partial charge in [-0.15, -0.1) is 11.3 Å². The highest BCUT2D eigenvalue weighted by Crippen LogP contribution is 2.23. The van der Waals surface area contributed by atoms with Gasteiger partial charge < -0.3 is 0 Å². The number of hydrogen-bond acceptors (Lipinski definition) is 5. The molecule has 1 aromatic carbocycles. The number of benzene rings is 1. The molecule has 0 unspecified atom stereocenters. The largest absolute Gasteiger partial charge is 0.286 e. The Hall–Kier alpha value is -2.86. The summed E-state index contributed by atoms with van der Waals surface area (Å²) in [5.41, 5.74) is 1.94. The summed E-state index contributed by atoms with van der Waals surface area (Å²) >= 11 is 1.41. The molecular weight excluding hydrogens is 308 g/mol. The number of aryl methyl sites for hydroxylation is 1. The van der Waals surface area contributed by atoms with E-state index in [-0.39, 0.29) is 5.78 Å². The number of carbonyl (C=O) groups excluding carboxylic acids is 1. The van der Waals surface area contributed by atoms with Gasteiger partial charge in [-0.3, -0.25) is 4.79 Å². The molecule has 4 rings (SSSR count). The highest BCUT2D eigenvalue weighted by molar-refractivity contribution is 7.12. The van der Waals surface area contributed by atoms with Crippen molar-refractivity contribution in [2.45, 2.75) is 6.92 Å². The Labute approximate surface area is 136 Å². The number of thiophene rings is 1. The molecule has 3 heterocycles. The molecule has 6 heteroatoms. The highest BCUT2D eigenvalue weighted by atomic mass is 32.1. The first-order chi connectivity index (χ1) is 11.2. The van der Waals surface area contributed by atoms with Crippen LogP contribution in [0.1, 0.15) is 21.2 Å². The first kappa shape index (κ1) is 13.8. The summed E-state index contributed by atoms with van der Waals surface area (Å²) in [5.74, 6) is 0.457. The van der Waals surface area contributed by atoms with E-state index >= 15 is 0 Å². The van der Waals surface area contributed by atoms with Crippen molar-refractivity contribution in [3.05, 3.63) is 70.4 Å². The van der Waals surface area contributed by atoms with E-state index in [1.165, 1.54) is 11.3 Å². The van der Waals surface area contributed by atoms with Crippen LogP contribution in [0.2, 0.25) is 0 Å². The molecule has 0 aliphatic rings. The summed E-state index contributed by atoms with van der Waals surface area (Å²) in [6.07, 6.45) is 1.66. The van der Waals surface area contributed by atoms with Crippen molar-refractivity contribution in [1.82, 2.24) is 19.7 Å². The third kappa shape index (κ3) is 2.33. The van der Waals surface area contributed by atoms with Crippen LogP contribution in [-0.4, -0.2) is 25.5 Å². The van der Waals surface area contributed by atoms with Gasteiger partial charge in [-0.2, -0.15) is 5.10 Å². The predicted molar refractivity (Wildman–Crippen MR) is 89.1 cm³/mol. The Morgan fingerprint density at radius 2 is 1.91 bits per heavy atom. The number of aromatic nitrogens is 4. The van der Waals surface area contributed by atoms with Crippen LogP contribution in [0, 0.1) is 6.92 Å². The molecule has 0 bridgehead atoms. The van der Waals surface area contributed by atoms with Crippen molar-refractivity contribution >= 4 is 28.2 Å². The van der Waals surface area contributed by atoms with Crippen LogP contribution in [0.25, 0.3) is 16.7 Å². The number of para-hydroxylation sites is 1. The van der Waals surface area contributed by atoms with Crippen LogP contribution in [0.3, 0.4) is 0 Å². The first-order valence-electron chi connectivity index (χ1n) is 7.10. The summed E-state index contributed by atoms with van der Waals surface area (Å²) in [4.78, 5) is 22.2. The normalized spacial score (nSPS) is 11.0. The van der Waals surface area contributed by atoms with Crippen LogP contribution in [0.15, 0.2) is 54.0 Å².